The Morgan fingerprint density at radius 3 is 1.83 bits per heavy atom. The number of hydrogen-bond acceptors (Lipinski definition) is 3. The first-order valence-electron chi connectivity index (χ1n) is 10.4. The lowest BCUT2D eigenvalue weighted by atomic mass is 9.65. The standard InChI is InChI=1S/C23H28N4O2.ClH/c24-21-15-5-4-6-16(21)14-17(13-15)22(28)25-19-9-11-20(12-10-19)27-23(29)26-18-7-2-1-3-8-18;/h1-3,7-12,15-17,21H,4-6,13-14,24H2,(H,25,28)(H2,26,27,29);1H. The van der Waals surface area contributed by atoms with Crippen molar-refractivity contribution in [2.75, 3.05) is 16.0 Å². The molecular formula is C23H29ClN4O2. The van der Waals surface area contributed by atoms with Crippen molar-refractivity contribution in [2.24, 2.45) is 23.5 Å². The van der Waals surface area contributed by atoms with Crippen molar-refractivity contribution in [3.05, 3.63) is 54.6 Å². The topological polar surface area (TPSA) is 96.2 Å². The van der Waals surface area contributed by atoms with Crippen LogP contribution in [0.3, 0.4) is 0 Å². The van der Waals surface area contributed by atoms with Crippen LogP contribution in [0.1, 0.15) is 32.1 Å². The summed E-state index contributed by atoms with van der Waals surface area (Å²) in [5, 5.41) is 8.59. The molecule has 0 aromatic heterocycles. The number of rotatable bonds is 4. The molecule has 2 aliphatic carbocycles. The lowest BCUT2D eigenvalue weighted by molar-refractivity contribution is -0.122. The van der Waals surface area contributed by atoms with Gasteiger partial charge in [0.2, 0.25) is 5.91 Å². The molecule has 6 nitrogen and oxygen atoms in total. The highest BCUT2D eigenvalue weighted by Gasteiger charge is 2.40. The Hall–Kier alpha value is -2.57. The van der Waals surface area contributed by atoms with Crippen LogP contribution in [0.4, 0.5) is 21.9 Å². The van der Waals surface area contributed by atoms with Crippen molar-refractivity contribution >= 4 is 41.4 Å². The molecule has 160 valence electrons. The first kappa shape index (κ1) is 22.1. The number of hydrogen-bond donors (Lipinski definition) is 4. The van der Waals surface area contributed by atoms with E-state index < -0.39 is 0 Å². The Labute approximate surface area is 183 Å². The van der Waals surface area contributed by atoms with E-state index in [1.54, 1.807) is 12.1 Å². The average Bonchev–Trinajstić information content (AvgIpc) is 2.70. The van der Waals surface area contributed by atoms with Crippen LogP contribution in [0.15, 0.2) is 54.6 Å². The average molecular weight is 429 g/mol. The fourth-order valence-electron chi connectivity index (χ4n) is 4.70. The van der Waals surface area contributed by atoms with Crippen LogP contribution in [0.2, 0.25) is 0 Å². The molecule has 2 atom stereocenters. The normalized spacial score (nSPS) is 24.8. The van der Waals surface area contributed by atoms with Gasteiger partial charge in [0.25, 0.3) is 0 Å². The van der Waals surface area contributed by atoms with Crippen molar-refractivity contribution in [1.29, 1.82) is 0 Å². The molecule has 0 saturated heterocycles. The monoisotopic (exact) mass is 428 g/mol. The summed E-state index contributed by atoms with van der Waals surface area (Å²) >= 11 is 0. The molecule has 30 heavy (non-hydrogen) atoms. The van der Waals surface area contributed by atoms with Crippen molar-refractivity contribution in [3.8, 4) is 0 Å². The van der Waals surface area contributed by atoms with E-state index in [2.05, 4.69) is 16.0 Å². The van der Waals surface area contributed by atoms with Crippen LogP contribution < -0.4 is 21.7 Å². The Morgan fingerprint density at radius 1 is 0.767 bits per heavy atom. The van der Waals surface area contributed by atoms with Crippen LogP contribution in [0.25, 0.3) is 0 Å². The number of nitrogens with two attached hydrogens (primary N) is 1. The predicted octanol–water partition coefficient (Wildman–Crippen LogP) is 4.84. The van der Waals surface area contributed by atoms with Crippen molar-refractivity contribution in [2.45, 2.75) is 38.1 Å². The molecular weight excluding hydrogens is 400 g/mol. The van der Waals surface area contributed by atoms with E-state index in [4.69, 9.17) is 5.73 Å². The maximum atomic E-state index is 12.7. The number of benzene rings is 2. The van der Waals surface area contributed by atoms with Crippen LogP contribution in [0.5, 0.6) is 0 Å². The van der Waals surface area contributed by atoms with Gasteiger partial charge >= 0.3 is 6.03 Å². The Kier molecular flexibility index (Phi) is 7.34. The zero-order valence-corrected chi connectivity index (χ0v) is 17.7. The van der Waals surface area contributed by atoms with Gasteiger partial charge in [-0.2, -0.15) is 0 Å². The summed E-state index contributed by atoms with van der Waals surface area (Å²) < 4.78 is 0. The molecule has 2 aromatic rings. The molecule has 0 radical (unpaired) electrons. The highest BCUT2D eigenvalue weighted by molar-refractivity contribution is 6.00. The van der Waals surface area contributed by atoms with Gasteiger partial charge in [-0.05, 0) is 73.9 Å². The van der Waals surface area contributed by atoms with E-state index in [-0.39, 0.29) is 36.3 Å². The van der Waals surface area contributed by atoms with Gasteiger partial charge in [0.1, 0.15) is 0 Å². The molecule has 7 heteroatoms. The highest BCUT2D eigenvalue weighted by Crippen LogP contribution is 2.42. The Balaban J connectivity index is 0.00000256. The lowest BCUT2D eigenvalue weighted by Gasteiger charge is -2.43. The number of carbonyl (C=O) groups excluding carboxylic acids is 2. The van der Waals surface area contributed by atoms with Crippen molar-refractivity contribution in [1.82, 2.24) is 0 Å². The zero-order chi connectivity index (χ0) is 20.2. The number of amides is 3. The molecule has 2 aromatic carbocycles. The number of fused-ring (bicyclic) bond motifs is 2. The molecule has 2 bridgehead atoms. The second-order valence-corrected chi connectivity index (χ2v) is 8.21. The first-order chi connectivity index (χ1) is 14.1. The molecule has 0 aliphatic heterocycles. The van der Waals surface area contributed by atoms with Crippen LogP contribution in [-0.2, 0) is 4.79 Å². The second-order valence-electron chi connectivity index (χ2n) is 8.21. The van der Waals surface area contributed by atoms with Gasteiger partial charge in [-0.25, -0.2) is 4.79 Å². The summed E-state index contributed by atoms with van der Waals surface area (Å²) in [6.45, 7) is 0. The van der Waals surface area contributed by atoms with Crippen LogP contribution in [0, 0.1) is 17.8 Å². The van der Waals surface area contributed by atoms with Gasteiger partial charge in [0.05, 0.1) is 0 Å². The number of halogens is 1. The van der Waals surface area contributed by atoms with Crippen LogP contribution >= 0.6 is 12.4 Å². The minimum absolute atomic E-state index is 0. The summed E-state index contributed by atoms with van der Waals surface area (Å²) in [4.78, 5) is 24.8. The maximum Gasteiger partial charge on any atom is 0.323 e. The zero-order valence-electron chi connectivity index (χ0n) is 16.8. The van der Waals surface area contributed by atoms with E-state index in [9.17, 15) is 9.59 Å². The largest absolute Gasteiger partial charge is 0.327 e. The van der Waals surface area contributed by atoms with E-state index in [0.29, 0.717) is 17.5 Å². The van der Waals surface area contributed by atoms with Gasteiger partial charge in [-0.1, -0.05) is 24.6 Å². The molecule has 0 heterocycles. The quantitative estimate of drug-likeness (QED) is 0.560. The second kappa shape index (κ2) is 9.96. The van der Waals surface area contributed by atoms with Gasteiger partial charge in [-0.3, -0.25) is 4.79 Å². The smallest absolute Gasteiger partial charge is 0.323 e. The van der Waals surface area contributed by atoms with Gasteiger partial charge < -0.3 is 21.7 Å². The minimum atomic E-state index is -0.307. The molecule has 0 spiro atoms. The summed E-state index contributed by atoms with van der Waals surface area (Å²) in [6, 6.07) is 16.4. The fourth-order valence-corrected chi connectivity index (χ4v) is 4.70. The number of para-hydroxylation sites is 1. The van der Waals surface area contributed by atoms with E-state index in [1.807, 2.05) is 42.5 Å². The van der Waals surface area contributed by atoms with Gasteiger partial charge in [0.15, 0.2) is 0 Å². The van der Waals surface area contributed by atoms with Gasteiger partial charge in [-0.15, -0.1) is 12.4 Å². The summed E-state index contributed by atoms with van der Waals surface area (Å²) in [5.41, 5.74) is 8.46. The summed E-state index contributed by atoms with van der Waals surface area (Å²) in [7, 11) is 0. The summed E-state index contributed by atoms with van der Waals surface area (Å²) in [6.07, 6.45) is 5.31. The molecule has 2 fully saturated rings. The lowest BCUT2D eigenvalue weighted by Crippen LogP contribution is -2.48. The number of urea groups is 1. The molecule has 2 saturated carbocycles. The SMILES string of the molecule is Cl.NC1C2CCCC1CC(C(=O)Nc1ccc(NC(=O)Nc3ccccc3)cc1)C2. The molecule has 4 rings (SSSR count). The van der Waals surface area contributed by atoms with Crippen LogP contribution in [-0.4, -0.2) is 18.0 Å². The van der Waals surface area contributed by atoms with Gasteiger partial charge in [0, 0.05) is 29.0 Å². The Bertz CT molecular complexity index is 845. The molecule has 3 amide bonds. The molecule has 2 unspecified atom stereocenters. The first-order valence-corrected chi connectivity index (χ1v) is 10.4. The van der Waals surface area contributed by atoms with E-state index in [0.717, 1.165) is 37.1 Å². The van der Waals surface area contributed by atoms with E-state index >= 15 is 0 Å². The minimum Gasteiger partial charge on any atom is -0.327 e. The molecule has 5 N–H and O–H groups in total. The van der Waals surface area contributed by atoms with Crippen molar-refractivity contribution in [3.63, 3.8) is 0 Å². The number of nitrogens with one attached hydrogen (secondary N) is 3. The summed E-state index contributed by atoms with van der Waals surface area (Å²) in [5.74, 6) is 1.08. The highest BCUT2D eigenvalue weighted by atomic mass is 35.5. The van der Waals surface area contributed by atoms with E-state index in [1.165, 1.54) is 6.42 Å². The molecule has 2 aliphatic rings. The number of anilines is 3. The third kappa shape index (κ3) is 5.32. The fraction of sp³-hybridized carbons (Fsp3) is 0.391. The maximum absolute atomic E-state index is 12.7. The van der Waals surface area contributed by atoms with Crippen molar-refractivity contribution < 1.29 is 9.59 Å². The third-order valence-corrected chi connectivity index (χ3v) is 6.23. The Morgan fingerprint density at radius 2 is 1.27 bits per heavy atom. The predicted molar refractivity (Wildman–Crippen MR) is 123 cm³/mol. The third-order valence-electron chi connectivity index (χ3n) is 6.23. The number of carbonyl (C=O) groups is 2.